The molecule has 0 unspecified atom stereocenters. The smallest absolute Gasteiger partial charge is 0.169 e. The minimum absolute atomic E-state index is 0.258. The van der Waals surface area contributed by atoms with Crippen molar-refractivity contribution in [2.75, 3.05) is 20.2 Å². The van der Waals surface area contributed by atoms with Gasteiger partial charge in [0.2, 0.25) is 0 Å². The van der Waals surface area contributed by atoms with Gasteiger partial charge in [0.1, 0.15) is 5.75 Å². The van der Waals surface area contributed by atoms with Crippen LogP contribution in [-0.2, 0) is 13.0 Å². The topological polar surface area (TPSA) is 24.5 Å². The summed E-state index contributed by atoms with van der Waals surface area (Å²) in [5.41, 5.74) is 5.30. The molecule has 0 amide bonds. The largest absolute Gasteiger partial charge is 0.497 e. The maximum atomic E-state index is 5.82. The highest BCUT2D eigenvalue weighted by Crippen LogP contribution is 2.25. The quantitative estimate of drug-likeness (QED) is 0.582. The van der Waals surface area contributed by atoms with Gasteiger partial charge in [0.05, 0.1) is 7.11 Å². The lowest BCUT2D eigenvalue weighted by Crippen LogP contribution is -2.41. The molecule has 4 heteroatoms. The summed E-state index contributed by atoms with van der Waals surface area (Å²) in [6.45, 7) is 2.58. The molecule has 0 aromatic heterocycles. The highest BCUT2D eigenvalue weighted by molar-refractivity contribution is 7.80. The van der Waals surface area contributed by atoms with E-state index >= 15 is 0 Å². The van der Waals surface area contributed by atoms with E-state index in [0.29, 0.717) is 0 Å². The van der Waals surface area contributed by atoms with Crippen LogP contribution in [0.3, 0.4) is 0 Å². The fraction of sp³-hybridized carbons (Fsp3) is 0.269. The van der Waals surface area contributed by atoms with Gasteiger partial charge in [-0.05, 0) is 59.4 Å². The molecule has 1 aliphatic heterocycles. The van der Waals surface area contributed by atoms with E-state index in [2.05, 4.69) is 83.0 Å². The van der Waals surface area contributed by atoms with Crippen LogP contribution in [0.4, 0.5) is 0 Å². The van der Waals surface area contributed by atoms with Crippen LogP contribution in [-0.4, -0.2) is 30.2 Å². The lowest BCUT2D eigenvalue weighted by Gasteiger charge is -2.27. The summed E-state index contributed by atoms with van der Waals surface area (Å²) >= 11 is 5.82. The number of hydrogen-bond donors (Lipinski definition) is 1. The summed E-state index contributed by atoms with van der Waals surface area (Å²) in [6.07, 6.45) is 2.14. The summed E-state index contributed by atoms with van der Waals surface area (Å²) in [4.78, 5) is 2.29. The Kier molecular flexibility index (Phi) is 6.65. The molecule has 154 valence electrons. The lowest BCUT2D eigenvalue weighted by molar-refractivity contribution is 0.408. The van der Waals surface area contributed by atoms with Gasteiger partial charge in [-0.3, -0.25) is 0 Å². The molecule has 4 rings (SSSR count). The maximum absolute atomic E-state index is 5.82. The molecule has 0 fully saturated rings. The Morgan fingerprint density at radius 2 is 1.63 bits per heavy atom. The molecule has 0 atom stereocenters. The first-order valence-electron chi connectivity index (χ1n) is 10.5. The summed E-state index contributed by atoms with van der Waals surface area (Å²) in [5.74, 6) is 1.19. The van der Waals surface area contributed by atoms with E-state index in [-0.39, 0.29) is 5.92 Å². The molecule has 30 heavy (non-hydrogen) atoms. The van der Waals surface area contributed by atoms with Crippen LogP contribution in [0.5, 0.6) is 5.75 Å². The number of methoxy groups -OCH3 is 1. The van der Waals surface area contributed by atoms with Crippen molar-refractivity contribution in [1.82, 2.24) is 10.2 Å². The number of thiocarbonyl (C=S) groups is 1. The van der Waals surface area contributed by atoms with Gasteiger partial charge in [-0.1, -0.05) is 66.7 Å². The molecule has 0 saturated heterocycles. The number of fused-ring (bicyclic) bond motifs is 1. The van der Waals surface area contributed by atoms with Crippen molar-refractivity contribution < 1.29 is 4.74 Å². The van der Waals surface area contributed by atoms with E-state index in [1.165, 1.54) is 22.3 Å². The maximum Gasteiger partial charge on any atom is 0.169 e. The number of rotatable bonds is 5. The van der Waals surface area contributed by atoms with Crippen molar-refractivity contribution >= 4 is 17.3 Å². The zero-order valence-corrected chi connectivity index (χ0v) is 18.2. The van der Waals surface area contributed by atoms with Gasteiger partial charge in [-0.25, -0.2) is 0 Å². The molecular weight excluding hydrogens is 388 g/mol. The van der Waals surface area contributed by atoms with Crippen molar-refractivity contribution in [3.8, 4) is 5.75 Å². The predicted octanol–water partition coefficient (Wildman–Crippen LogP) is 5.15. The number of hydrogen-bond acceptors (Lipinski definition) is 2. The van der Waals surface area contributed by atoms with E-state index in [1.807, 2.05) is 6.07 Å². The van der Waals surface area contributed by atoms with Gasteiger partial charge < -0.3 is 15.0 Å². The summed E-state index contributed by atoms with van der Waals surface area (Å²) in [7, 11) is 1.72. The molecule has 3 nitrogen and oxygen atoms in total. The highest BCUT2D eigenvalue weighted by Gasteiger charge is 2.19. The third-order valence-electron chi connectivity index (χ3n) is 5.80. The first-order chi connectivity index (χ1) is 14.7. The normalized spacial score (nSPS) is 13.5. The fourth-order valence-corrected chi connectivity index (χ4v) is 4.37. The Morgan fingerprint density at radius 3 is 2.27 bits per heavy atom. The highest BCUT2D eigenvalue weighted by atomic mass is 32.1. The molecule has 0 aliphatic carbocycles. The fourth-order valence-electron chi connectivity index (χ4n) is 4.13. The monoisotopic (exact) mass is 416 g/mol. The molecule has 0 radical (unpaired) electrons. The predicted molar refractivity (Wildman–Crippen MR) is 127 cm³/mol. The first kappa shape index (κ1) is 20.4. The standard InChI is InChI=1S/C26H28N2OS/c1-29-24-15-14-23-19-28(16-8-13-22(23)17-24)26(30)27-18-25(20-9-4-2-5-10-20)21-11-6-3-7-12-21/h2-7,9-12,14-15,17,25H,8,13,16,18-19H2,1H3,(H,27,30). The van der Waals surface area contributed by atoms with Crippen LogP contribution in [0.25, 0.3) is 0 Å². The van der Waals surface area contributed by atoms with E-state index in [1.54, 1.807) is 7.11 Å². The van der Waals surface area contributed by atoms with E-state index in [0.717, 1.165) is 43.3 Å². The van der Waals surface area contributed by atoms with Gasteiger partial charge in [0, 0.05) is 25.6 Å². The van der Waals surface area contributed by atoms with Crippen LogP contribution in [0.15, 0.2) is 78.9 Å². The number of nitrogens with one attached hydrogen (secondary N) is 1. The second kappa shape index (κ2) is 9.77. The number of nitrogens with zero attached hydrogens (tertiary/aromatic N) is 1. The van der Waals surface area contributed by atoms with Crippen LogP contribution in [0.1, 0.15) is 34.6 Å². The zero-order chi connectivity index (χ0) is 20.8. The van der Waals surface area contributed by atoms with Gasteiger partial charge >= 0.3 is 0 Å². The minimum Gasteiger partial charge on any atom is -0.497 e. The van der Waals surface area contributed by atoms with Crippen LogP contribution < -0.4 is 10.1 Å². The molecule has 0 spiro atoms. The van der Waals surface area contributed by atoms with Crippen LogP contribution in [0.2, 0.25) is 0 Å². The molecular formula is C26H28N2OS. The van der Waals surface area contributed by atoms with Crippen LogP contribution >= 0.6 is 12.2 Å². The zero-order valence-electron chi connectivity index (χ0n) is 17.4. The van der Waals surface area contributed by atoms with Gasteiger partial charge in [0.15, 0.2) is 5.11 Å². The lowest BCUT2D eigenvalue weighted by atomic mass is 9.91. The molecule has 1 heterocycles. The number of ether oxygens (including phenoxy) is 1. The van der Waals surface area contributed by atoms with Crippen molar-refractivity contribution in [3.05, 3.63) is 101 Å². The SMILES string of the molecule is COc1ccc2c(c1)CCCN(C(=S)NCC(c1ccccc1)c1ccccc1)C2. The Bertz CT molecular complexity index is 935. The average Bonchev–Trinajstić information content (AvgIpc) is 3.02. The number of benzene rings is 3. The van der Waals surface area contributed by atoms with Crippen LogP contribution in [0, 0.1) is 0 Å². The average molecular weight is 417 g/mol. The molecule has 0 bridgehead atoms. The van der Waals surface area contributed by atoms with Gasteiger partial charge in [-0.15, -0.1) is 0 Å². The van der Waals surface area contributed by atoms with Crippen molar-refractivity contribution in [2.24, 2.45) is 0 Å². The Labute approximate surface area is 184 Å². The van der Waals surface area contributed by atoms with E-state index in [9.17, 15) is 0 Å². The van der Waals surface area contributed by atoms with Gasteiger partial charge in [0.25, 0.3) is 0 Å². The Hall–Kier alpha value is -2.85. The van der Waals surface area contributed by atoms with Crippen molar-refractivity contribution in [2.45, 2.75) is 25.3 Å². The third-order valence-corrected chi connectivity index (χ3v) is 6.20. The molecule has 1 N–H and O–H groups in total. The molecule has 3 aromatic carbocycles. The second-order valence-electron chi connectivity index (χ2n) is 7.72. The first-order valence-corrected chi connectivity index (χ1v) is 10.9. The van der Waals surface area contributed by atoms with Crippen molar-refractivity contribution in [1.29, 1.82) is 0 Å². The number of aryl methyl sites for hydroxylation is 1. The Morgan fingerprint density at radius 1 is 0.967 bits per heavy atom. The third kappa shape index (κ3) is 4.82. The summed E-state index contributed by atoms with van der Waals surface area (Å²) in [6, 6.07) is 27.7. The summed E-state index contributed by atoms with van der Waals surface area (Å²) < 4.78 is 5.39. The van der Waals surface area contributed by atoms with Crippen molar-refractivity contribution in [3.63, 3.8) is 0 Å². The summed E-state index contributed by atoms with van der Waals surface area (Å²) in [5, 5.41) is 4.39. The Balaban J connectivity index is 1.47. The molecule has 0 saturated carbocycles. The van der Waals surface area contributed by atoms with E-state index < -0.39 is 0 Å². The molecule has 1 aliphatic rings. The van der Waals surface area contributed by atoms with E-state index in [4.69, 9.17) is 17.0 Å². The molecule has 3 aromatic rings. The van der Waals surface area contributed by atoms with Gasteiger partial charge in [-0.2, -0.15) is 0 Å². The minimum atomic E-state index is 0.258. The second-order valence-corrected chi connectivity index (χ2v) is 8.11.